The Labute approximate surface area is 169 Å². The number of thiazole rings is 1. The highest BCUT2D eigenvalue weighted by Crippen LogP contribution is 2.29. The zero-order chi connectivity index (χ0) is 19.5. The number of aryl methyl sites for hydroxylation is 1. The Kier molecular flexibility index (Phi) is 5.27. The predicted molar refractivity (Wildman–Crippen MR) is 110 cm³/mol. The Bertz CT molecular complexity index is 1120. The molecule has 1 N–H and O–H groups in total. The van der Waals surface area contributed by atoms with Gasteiger partial charge in [-0.1, -0.05) is 40.8 Å². The largest absolute Gasteiger partial charge is 0.497 e. The number of rotatable bonds is 6. The summed E-state index contributed by atoms with van der Waals surface area (Å²) < 4.78 is 11.8. The Morgan fingerprint density at radius 1 is 1.21 bits per heavy atom. The first-order valence-electron chi connectivity index (χ1n) is 8.38. The molecule has 0 aliphatic carbocycles. The number of carbonyl (C=O) groups is 1. The van der Waals surface area contributed by atoms with E-state index in [2.05, 4.69) is 20.5 Å². The van der Waals surface area contributed by atoms with Gasteiger partial charge in [-0.15, -0.1) is 10.2 Å². The van der Waals surface area contributed by atoms with Crippen molar-refractivity contribution in [3.8, 4) is 17.2 Å². The van der Waals surface area contributed by atoms with Crippen molar-refractivity contribution in [2.24, 2.45) is 0 Å². The topological polar surface area (TPSA) is 90.1 Å². The third-order valence-electron chi connectivity index (χ3n) is 3.87. The van der Waals surface area contributed by atoms with Gasteiger partial charge in [-0.3, -0.25) is 4.79 Å². The zero-order valence-electron chi connectivity index (χ0n) is 15.1. The third-order valence-corrected chi connectivity index (χ3v) is 5.63. The summed E-state index contributed by atoms with van der Waals surface area (Å²) in [6.07, 6.45) is 0. The van der Waals surface area contributed by atoms with E-state index >= 15 is 0 Å². The van der Waals surface area contributed by atoms with Gasteiger partial charge in [0.1, 0.15) is 5.75 Å². The quantitative estimate of drug-likeness (QED) is 0.470. The Balaban J connectivity index is 1.36. The highest BCUT2D eigenvalue weighted by molar-refractivity contribution is 7.99. The fourth-order valence-corrected chi connectivity index (χ4v) is 3.92. The van der Waals surface area contributed by atoms with E-state index in [1.807, 2.05) is 49.4 Å². The summed E-state index contributed by atoms with van der Waals surface area (Å²) in [6, 6.07) is 13.4. The summed E-state index contributed by atoms with van der Waals surface area (Å²) in [4.78, 5) is 16.6. The smallest absolute Gasteiger partial charge is 0.277 e. The monoisotopic (exact) mass is 412 g/mol. The lowest BCUT2D eigenvalue weighted by Crippen LogP contribution is -2.13. The number of carbonyl (C=O) groups excluding carboxylic acids is 1. The number of methoxy groups -OCH3 is 1. The molecule has 2 aromatic carbocycles. The molecule has 0 aliphatic rings. The van der Waals surface area contributed by atoms with Crippen LogP contribution in [-0.2, 0) is 4.79 Å². The first kappa shape index (κ1) is 18.5. The van der Waals surface area contributed by atoms with E-state index < -0.39 is 0 Å². The van der Waals surface area contributed by atoms with Gasteiger partial charge < -0.3 is 14.5 Å². The number of hydrogen-bond acceptors (Lipinski definition) is 8. The molecule has 9 heteroatoms. The number of nitrogens with zero attached hydrogens (tertiary/aromatic N) is 3. The van der Waals surface area contributed by atoms with Crippen LogP contribution in [0.15, 0.2) is 52.1 Å². The normalized spacial score (nSPS) is 10.9. The van der Waals surface area contributed by atoms with Crippen molar-refractivity contribution in [2.45, 2.75) is 12.1 Å². The Hall–Kier alpha value is -2.91. The molecule has 2 aromatic heterocycles. The van der Waals surface area contributed by atoms with E-state index in [1.54, 1.807) is 7.11 Å². The van der Waals surface area contributed by atoms with Gasteiger partial charge in [0, 0.05) is 5.56 Å². The molecule has 0 saturated carbocycles. The van der Waals surface area contributed by atoms with Crippen molar-refractivity contribution in [3.05, 3.63) is 48.0 Å². The van der Waals surface area contributed by atoms with Crippen LogP contribution in [0, 0.1) is 6.92 Å². The van der Waals surface area contributed by atoms with Gasteiger partial charge in [0.15, 0.2) is 5.13 Å². The molecule has 0 radical (unpaired) electrons. The van der Waals surface area contributed by atoms with Crippen LogP contribution in [0.2, 0.25) is 0 Å². The lowest BCUT2D eigenvalue weighted by Gasteiger charge is -1.98. The van der Waals surface area contributed by atoms with Crippen molar-refractivity contribution in [1.82, 2.24) is 15.2 Å². The van der Waals surface area contributed by atoms with E-state index in [0.29, 0.717) is 16.2 Å². The average molecular weight is 412 g/mol. The van der Waals surface area contributed by atoms with Crippen LogP contribution in [0.25, 0.3) is 21.7 Å². The van der Waals surface area contributed by atoms with E-state index in [1.165, 1.54) is 23.1 Å². The first-order valence-corrected chi connectivity index (χ1v) is 10.2. The van der Waals surface area contributed by atoms with E-state index in [4.69, 9.17) is 9.15 Å². The van der Waals surface area contributed by atoms with Gasteiger partial charge in [0.05, 0.1) is 23.1 Å². The molecule has 28 heavy (non-hydrogen) atoms. The van der Waals surface area contributed by atoms with Crippen molar-refractivity contribution in [3.63, 3.8) is 0 Å². The number of benzene rings is 2. The molecular weight excluding hydrogens is 396 g/mol. The molecule has 7 nitrogen and oxygen atoms in total. The lowest BCUT2D eigenvalue weighted by atomic mass is 10.1. The maximum absolute atomic E-state index is 12.2. The maximum atomic E-state index is 12.2. The summed E-state index contributed by atoms with van der Waals surface area (Å²) in [5, 5.41) is 11.7. The number of anilines is 1. The molecule has 0 atom stereocenters. The second-order valence-electron chi connectivity index (χ2n) is 5.93. The maximum Gasteiger partial charge on any atom is 0.277 e. The van der Waals surface area contributed by atoms with Crippen LogP contribution in [0.4, 0.5) is 5.13 Å². The van der Waals surface area contributed by atoms with Crippen molar-refractivity contribution < 1.29 is 13.9 Å². The minimum Gasteiger partial charge on any atom is -0.497 e. The number of hydrogen-bond donors (Lipinski definition) is 1. The molecule has 142 valence electrons. The van der Waals surface area contributed by atoms with Crippen molar-refractivity contribution in [2.75, 3.05) is 18.2 Å². The number of thioether (sulfide) groups is 1. The molecule has 2 heterocycles. The van der Waals surface area contributed by atoms with Gasteiger partial charge in [-0.25, -0.2) is 4.98 Å². The first-order chi connectivity index (χ1) is 13.6. The standard InChI is InChI=1S/C19H16N4O3S2/c1-11-3-5-12(6-4-11)17-22-23-19(26-17)27-10-16(24)21-18-20-14-8-7-13(25-2)9-15(14)28-18/h3-9H,10H2,1-2H3,(H,20,21,24). The zero-order valence-corrected chi connectivity index (χ0v) is 16.8. The van der Waals surface area contributed by atoms with E-state index in [-0.39, 0.29) is 11.7 Å². The van der Waals surface area contributed by atoms with Crippen LogP contribution < -0.4 is 10.1 Å². The van der Waals surface area contributed by atoms with Crippen LogP contribution in [0.1, 0.15) is 5.56 Å². The van der Waals surface area contributed by atoms with Gasteiger partial charge in [-0.05, 0) is 37.3 Å². The summed E-state index contributed by atoms with van der Waals surface area (Å²) in [5.41, 5.74) is 2.82. The average Bonchev–Trinajstić information content (AvgIpc) is 3.32. The Morgan fingerprint density at radius 3 is 2.82 bits per heavy atom. The second kappa shape index (κ2) is 7.99. The van der Waals surface area contributed by atoms with E-state index in [0.717, 1.165) is 27.1 Å². The van der Waals surface area contributed by atoms with Crippen LogP contribution >= 0.6 is 23.1 Å². The molecule has 0 fully saturated rings. The molecule has 0 aliphatic heterocycles. The summed E-state index contributed by atoms with van der Waals surface area (Å²) in [6.45, 7) is 2.01. The van der Waals surface area contributed by atoms with Gasteiger partial charge in [0.2, 0.25) is 11.8 Å². The molecule has 0 unspecified atom stereocenters. The van der Waals surface area contributed by atoms with E-state index in [9.17, 15) is 4.79 Å². The fraction of sp³-hybridized carbons (Fsp3) is 0.158. The minimum absolute atomic E-state index is 0.148. The molecule has 0 saturated heterocycles. The molecule has 1 amide bonds. The third kappa shape index (κ3) is 4.15. The number of aromatic nitrogens is 3. The van der Waals surface area contributed by atoms with Gasteiger partial charge in [0.25, 0.3) is 5.22 Å². The minimum atomic E-state index is -0.189. The molecule has 4 aromatic rings. The van der Waals surface area contributed by atoms with Crippen LogP contribution in [0.3, 0.4) is 0 Å². The Morgan fingerprint density at radius 2 is 2.04 bits per heavy atom. The molecule has 0 spiro atoms. The number of amides is 1. The predicted octanol–water partition coefficient (Wildman–Crippen LogP) is 4.39. The van der Waals surface area contributed by atoms with Gasteiger partial charge >= 0.3 is 0 Å². The van der Waals surface area contributed by atoms with Crippen LogP contribution in [-0.4, -0.2) is 34.0 Å². The highest BCUT2D eigenvalue weighted by Gasteiger charge is 2.13. The number of nitrogens with one attached hydrogen (secondary N) is 1. The summed E-state index contributed by atoms with van der Waals surface area (Å²) >= 11 is 2.58. The van der Waals surface area contributed by atoms with Crippen LogP contribution in [0.5, 0.6) is 5.75 Å². The lowest BCUT2D eigenvalue weighted by molar-refractivity contribution is -0.113. The molecule has 4 rings (SSSR count). The van der Waals surface area contributed by atoms with Crippen molar-refractivity contribution in [1.29, 1.82) is 0 Å². The SMILES string of the molecule is COc1ccc2nc(NC(=O)CSc3nnc(-c4ccc(C)cc4)o3)sc2c1. The van der Waals surface area contributed by atoms with Crippen molar-refractivity contribution >= 4 is 44.4 Å². The summed E-state index contributed by atoms with van der Waals surface area (Å²) in [7, 11) is 1.61. The van der Waals surface area contributed by atoms with Gasteiger partial charge in [-0.2, -0.15) is 0 Å². The molecular formula is C19H16N4O3S2. The fourth-order valence-electron chi connectivity index (χ4n) is 2.45. The molecule has 0 bridgehead atoms. The number of fused-ring (bicyclic) bond motifs is 1. The second-order valence-corrected chi connectivity index (χ2v) is 7.89. The number of ether oxygens (including phenoxy) is 1. The summed E-state index contributed by atoms with van der Waals surface area (Å²) in [5.74, 6) is 1.15. The highest BCUT2D eigenvalue weighted by atomic mass is 32.2.